The number of aldehydes is 1. The summed E-state index contributed by atoms with van der Waals surface area (Å²) < 4.78 is 5.87. The van der Waals surface area contributed by atoms with Crippen LogP contribution in [0.4, 0.5) is 0 Å². The molecular weight excluding hydrogens is 314 g/mol. The van der Waals surface area contributed by atoms with Crippen LogP contribution in [0, 0.1) is 0 Å². The lowest BCUT2D eigenvalue weighted by Crippen LogP contribution is -2.04. The molecule has 0 radical (unpaired) electrons. The van der Waals surface area contributed by atoms with Gasteiger partial charge >= 0.3 is 0 Å². The predicted octanol–water partition coefficient (Wildman–Crippen LogP) is 4.07. The number of aryl methyl sites for hydroxylation is 1. The van der Waals surface area contributed by atoms with Gasteiger partial charge in [0, 0.05) is 38.4 Å². The average Bonchev–Trinajstić information content (AvgIpc) is 3.27. The Labute approximate surface area is 148 Å². The summed E-state index contributed by atoms with van der Waals surface area (Å²) in [5.41, 5.74) is 3.35. The minimum absolute atomic E-state index is 0.669. The van der Waals surface area contributed by atoms with E-state index in [4.69, 9.17) is 4.42 Å². The minimum atomic E-state index is 0.669. The number of carbonyl (C=O) groups excluding carboxylic acids is 1. The van der Waals surface area contributed by atoms with Gasteiger partial charge in [-0.1, -0.05) is 37.1 Å². The van der Waals surface area contributed by atoms with Crippen LogP contribution < -0.4 is 0 Å². The molecule has 1 aliphatic rings. The van der Waals surface area contributed by atoms with E-state index in [-0.39, 0.29) is 0 Å². The van der Waals surface area contributed by atoms with E-state index in [1.165, 1.54) is 5.56 Å². The van der Waals surface area contributed by atoms with Crippen LogP contribution >= 0.6 is 0 Å². The Morgan fingerprint density at radius 3 is 2.60 bits per heavy atom. The number of hydrogen-bond acceptors (Lipinski definition) is 5. The van der Waals surface area contributed by atoms with Gasteiger partial charge in [-0.2, -0.15) is 5.10 Å². The van der Waals surface area contributed by atoms with Gasteiger partial charge < -0.3 is 9.21 Å². The third-order valence-corrected chi connectivity index (χ3v) is 4.48. The van der Waals surface area contributed by atoms with E-state index < -0.39 is 0 Å². The Hall–Kier alpha value is -2.43. The van der Waals surface area contributed by atoms with Crippen molar-refractivity contribution in [2.24, 2.45) is 5.10 Å². The number of hydrogen-bond donors (Lipinski definition) is 0. The van der Waals surface area contributed by atoms with E-state index in [0.29, 0.717) is 6.42 Å². The van der Waals surface area contributed by atoms with Crippen LogP contribution in [0.25, 0.3) is 11.3 Å². The largest absolute Gasteiger partial charge is 0.441 e. The molecule has 0 aliphatic carbocycles. The van der Waals surface area contributed by atoms with E-state index in [2.05, 4.69) is 34.4 Å². The maximum absolute atomic E-state index is 10.3. The van der Waals surface area contributed by atoms with Crippen molar-refractivity contribution < 1.29 is 9.21 Å². The molecule has 2 aromatic rings. The van der Waals surface area contributed by atoms with Crippen molar-refractivity contribution in [3.8, 4) is 11.3 Å². The summed E-state index contributed by atoms with van der Waals surface area (Å²) in [6, 6.07) is 8.34. The number of nitrogens with zero attached hydrogens (tertiary/aromatic N) is 3. The van der Waals surface area contributed by atoms with Gasteiger partial charge in [-0.3, -0.25) is 5.01 Å². The van der Waals surface area contributed by atoms with Crippen molar-refractivity contribution in [3.05, 3.63) is 41.9 Å². The van der Waals surface area contributed by atoms with Gasteiger partial charge in [-0.15, -0.1) is 0 Å². The molecule has 5 heteroatoms. The topological polar surface area (TPSA) is 58.7 Å². The lowest BCUT2D eigenvalue weighted by molar-refractivity contribution is -0.107. The number of rotatable bonds is 9. The average molecular weight is 339 g/mol. The lowest BCUT2D eigenvalue weighted by atomic mass is 10.1. The first-order chi connectivity index (χ1) is 12.3. The summed E-state index contributed by atoms with van der Waals surface area (Å²) in [7, 11) is 2.00. The van der Waals surface area contributed by atoms with Gasteiger partial charge in [-0.25, -0.2) is 4.98 Å². The molecule has 2 heterocycles. The first-order valence-electron chi connectivity index (χ1n) is 9.04. The highest BCUT2D eigenvalue weighted by Crippen LogP contribution is 2.23. The number of carbonyl (C=O) groups is 1. The van der Waals surface area contributed by atoms with Crippen molar-refractivity contribution >= 4 is 12.0 Å². The van der Waals surface area contributed by atoms with Gasteiger partial charge in [0.05, 0.1) is 11.9 Å². The van der Waals surface area contributed by atoms with E-state index in [9.17, 15) is 4.79 Å². The summed E-state index contributed by atoms with van der Waals surface area (Å²) in [6.45, 7) is 0.984. The Bertz CT molecular complexity index is 719. The molecular formula is C20H25N3O2. The summed E-state index contributed by atoms with van der Waals surface area (Å²) in [5.74, 6) is 1.60. The maximum atomic E-state index is 10.3. The zero-order valence-electron chi connectivity index (χ0n) is 14.8. The molecule has 0 spiro atoms. The van der Waals surface area contributed by atoms with E-state index in [1.54, 1.807) is 6.20 Å². The van der Waals surface area contributed by atoms with Gasteiger partial charge in [-0.05, 0) is 18.4 Å². The monoisotopic (exact) mass is 339 g/mol. The number of oxazole rings is 1. The SMILES string of the molecule is CN1CCC(c2ccc(-c3cnc(CCCCCCC=O)o3)cc2)=N1. The normalized spacial score (nSPS) is 14.0. The first kappa shape index (κ1) is 17.4. The van der Waals surface area contributed by atoms with Crippen LogP contribution in [-0.2, 0) is 11.2 Å². The molecule has 1 aromatic carbocycles. The predicted molar refractivity (Wildman–Crippen MR) is 98.6 cm³/mol. The molecule has 0 atom stereocenters. The van der Waals surface area contributed by atoms with Crippen molar-refractivity contribution in [1.82, 2.24) is 9.99 Å². The first-order valence-corrected chi connectivity index (χ1v) is 9.04. The van der Waals surface area contributed by atoms with Crippen molar-refractivity contribution in [1.29, 1.82) is 0 Å². The molecule has 0 fully saturated rings. The van der Waals surface area contributed by atoms with Gasteiger partial charge in [0.1, 0.15) is 6.29 Å². The molecule has 0 bridgehead atoms. The van der Waals surface area contributed by atoms with Crippen LogP contribution in [-0.4, -0.2) is 35.6 Å². The van der Waals surface area contributed by atoms with Crippen LogP contribution in [0.5, 0.6) is 0 Å². The van der Waals surface area contributed by atoms with Crippen molar-refractivity contribution in [2.75, 3.05) is 13.6 Å². The third kappa shape index (κ3) is 4.78. The molecule has 0 amide bonds. The van der Waals surface area contributed by atoms with Crippen LogP contribution in [0.15, 0.2) is 40.0 Å². The van der Waals surface area contributed by atoms with Crippen LogP contribution in [0.3, 0.4) is 0 Å². The van der Waals surface area contributed by atoms with Gasteiger partial charge in [0.25, 0.3) is 0 Å². The summed E-state index contributed by atoms with van der Waals surface area (Å²) in [6.07, 6.45) is 9.53. The van der Waals surface area contributed by atoms with Gasteiger partial charge in [0.2, 0.25) is 0 Å². The Morgan fingerprint density at radius 2 is 1.88 bits per heavy atom. The van der Waals surface area contributed by atoms with Crippen LogP contribution in [0.1, 0.15) is 50.0 Å². The smallest absolute Gasteiger partial charge is 0.194 e. The number of aromatic nitrogens is 1. The highest BCUT2D eigenvalue weighted by molar-refractivity contribution is 6.01. The highest BCUT2D eigenvalue weighted by atomic mass is 16.4. The van der Waals surface area contributed by atoms with Crippen LogP contribution in [0.2, 0.25) is 0 Å². The molecule has 5 nitrogen and oxygen atoms in total. The zero-order chi connectivity index (χ0) is 17.5. The summed E-state index contributed by atoms with van der Waals surface area (Å²) >= 11 is 0. The lowest BCUT2D eigenvalue weighted by Gasteiger charge is -2.02. The fourth-order valence-corrected chi connectivity index (χ4v) is 3.02. The quantitative estimate of drug-likeness (QED) is 0.510. The fourth-order valence-electron chi connectivity index (χ4n) is 3.02. The van der Waals surface area contributed by atoms with Crippen molar-refractivity contribution in [2.45, 2.75) is 44.9 Å². The number of unbranched alkanes of at least 4 members (excludes halogenated alkanes) is 4. The molecule has 0 unspecified atom stereocenters. The fraction of sp³-hybridized carbons (Fsp3) is 0.450. The van der Waals surface area contributed by atoms with E-state index in [1.807, 2.05) is 12.1 Å². The number of hydrazone groups is 1. The highest BCUT2D eigenvalue weighted by Gasteiger charge is 2.13. The summed E-state index contributed by atoms with van der Waals surface area (Å²) in [5, 5.41) is 6.50. The third-order valence-electron chi connectivity index (χ3n) is 4.48. The second-order valence-corrected chi connectivity index (χ2v) is 6.49. The van der Waals surface area contributed by atoms with Crippen molar-refractivity contribution in [3.63, 3.8) is 0 Å². The molecule has 25 heavy (non-hydrogen) atoms. The molecule has 0 saturated heterocycles. The number of benzene rings is 1. The van der Waals surface area contributed by atoms with E-state index in [0.717, 1.165) is 74.3 Å². The van der Waals surface area contributed by atoms with E-state index >= 15 is 0 Å². The van der Waals surface area contributed by atoms with Gasteiger partial charge in [0.15, 0.2) is 11.7 Å². The molecule has 132 valence electrons. The summed E-state index contributed by atoms with van der Waals surface area (Å²) in [4.78, 5) is 14.7. The molecule has 1 aromatic heterocycles. The molecule has 3 rings (SSSR count). The standard InChI is InChI=1S/C20H25N3O2/c1-23-13-12-18(22-23)16-8-10-17(11-9-16)19-15-21-20(25-19)7-5-3-2-4-6-14-24/h8-11,14-15H,2-7,12-13H2,1H3. The zero-order valence-corrected chi connectivity index (χ0v) is 14.8. The molecule has 0 saturated carbocycles. The minimum Gasteiger partial charge on any atom is -0.441 e. The Morgan fingerprint density at radius 1 is 1.12 bits per heavy atom. The molecule has 1 aliphatic heterocycles. The second kappa shape index (κ2) is 8.60. The Balaban J connectivity index is 1.53. The molecule has 0 N–H and O–H groups in total. The second-order valence-electron chi connectivity index (χ2n) is 6.49. The maximum Gasteiger partial charge on any atom is 0.194 e. The Kier molecular flexibility index (Phi) is 5.99.